The summed E-state index contributed by atoms with van der Waals surface area (Å²) in [6.45, 7) is 5.63. The van der Waals surface area contributed by atoms with E-state index in [0.29, 0.717) is 48.1 Å². The molecule has 1 amide bonds. The van der Waals surface area contributed by atoms with Gasteiger partial charge in [0.05, 0.1) is 35.3 Å². The second-order valence-corrected chi connectivity index (χ2v) is 12.9. The molecule has 236 valence electrons. The average Bonchev–Trinajstić information content (AvgIpc) is 3.58. The van der Waals surface area contributed by atoms with Crippen molar-refractivity contribution in [2.45, 2.75) is 43.4 Å². The lowest BCUT2D eigenvalue weighted by Crippen LogP contribution is -2.55. The smallest absolute Gasteiger partial charge is 0.282 e. The van der Waals surface area contributed by atoms with Gasteiger partial charge in [-0.05, 0) is 42.5 Å². The predicted octanol–water partition coefficient (Wildman–Crippen LogP) is 6.47. The Balaban J connectivity index is 1.29. The Labute approximate surface area is 270 Å². The Bertz CT molecular complexity index is 1890. The summed E-state index contributed by atoms with van der Waals surface area (Å²) in [4.78, 5) is 27.9. The lowest BCUT2D eigenvalue weighted by Gasteiger charge is -2.41. The predicted molar refractivity (Wildman–Crippen MR) is 174 cm³/mol. The summed E-state index contributed by atoms with van der Waals surface area (Å²) in [7, 11) is 0. The van der Waals surface area contributed by atoms with E-state index in [2.05, 4.69) is 17.5 Å². The molecule has 11 heteroatoms. The Morgan fingerprint density at radius 1 is 1.17 bits per heavy atom. The van der Waals surface area contributed by atoms with Crippen molar-refractivity contribution < 1.29 is 18.3 Å². The molecule has 0 aliphatic carbocycles. The fraction of sp³-hybridized carbons (Fsp3) is 0.371. The molecule has 46 heavy (non-hydrogen) atoms. The number of pyridine rings is 2. The molecule has 7 rings (SSSR count). The summed E-state index contributed by atoms with van der Waals surface area (Å²) >= 11 is 6.66. The summed E-state index contributed by atoms with van der Waals surface area (Å²) in [6, 6.07) is 17.2. The second-order valence-electron chi connectivity index (χ2n) is 12.4. The molecule has 0 radical (unpaired) electrons. The minimum Gasteiger partial charge on any atom is -0.476 e. The van der Waals surface area contributed by atoms with Crippen molar-refractivity contribution >= 4 is 45.0 Å². The minimum absolute atomic E-state index is 0.0318. The Kier molecular flexibility index (Phi) is 7.99. The monoisotopic (exact) mass is 642 g/mol. The number of amides is 1. The van der Waals surface area contributed by atoms with Crippen molar-refractivity contribution in [1.29, 1.82) is 5.26 Å². The maximum absolute atomic E-state index is 14.5. The van der Waals surface area contributed by atoms with E-state index in [4.69, 9.17) is 26.3 Å². The summed E-state index contributed by atoms with van der Waals surface area (Å²) in [5.74, 6) is -1.47. The molecule has 8 nitrogen and oxygen atoms in total. The van der Waals surface area contributed by atoms with Crippen LogP contribution in [0, 0.1) is 11.3 Å². The van der Waals surface area contributed by atoms with Gasteiger partial charge in [-0.3, -0.25) is 14.7 Å². The highest BCUT2D eigenvalue weighted by Gasteiger charge is 2.49. The van der Waals surface area contributed by atoms with Gasteiger partial charge in [0.2, 0.25) is 5.88 Å². The van der Waals surface area contributed by atoms with Crippen LogP contribution in [0.2, 0.25) is 5.02 Å². The van der Waals surface area contributed by atoms with E-state index in [0.717, 1.165) is 47.0 Å². The standard InChI is InChI=1S/C35H33ClF2N6O2/c1-22(37)34(45)44-14-13-42(20-26(44)9-11-39)30-16-31(46-21-35-10-4-12-43(35)19-25(38)17-35)41-29-15-24(18-40-33(29)30)27-7-2-5-23-6-3-8-28(36)32(23)27/h2-3,5-8,15-16,18,25-26H,1,4,9-10,12-14,17,19-21H2/t25-,26+,35+/m1/s1. The molecule has 0 N–H and O–H groups in total. The van der Waals surface area contributed by atoms with Crippen LogP contribution in [0.5, 0.6) is 5.88 Å². The van der Waals surface area contributed by atoms with Gasteiger partial charge in [0.25, 0.3) is 5.91 Å². The van der Waals surface area contributed by atoms with Crippen molar-refractivity contribution in [2.75, 3.05) is 44.2 Å². The number of hydrogen-bond donors (Lipinski definition) is 0. The number of aromatic nitrogens is 2. The third-order valence-corrected chi connectivity index (χ3v) is 9.97. The number of nitrogens with zero attached hydrogens (tertiary/aromatic N) is 6. The number of nitriles is 1. The van der Waals surface area contributed by atoms with E-state index >= 15 is 0 Å². The Morgan fingerprint density at radius 3 is 2.80 bits per heavy atom. The number of hydrogen-bond acceptors (Lipinski definition) is 7. The number of carbonyl (C=O) groups excluding carboxylic acids is 1. The highest BCUT2D eigenvalue weighted by Crippen LogP contribution is 2.41. The number of fused-ring (bicyclic) bond motifs is 3. The van der Waals surface area contributed by atoms with Crippen molar-refractivity contribution in [3.05, 3.63) is 72.2 Å². The molecule has 0 unspecified atom stereocenters. The molecule has 2 aromatic carbocycles. The van der Waals surface area contributed by atoms with Gasteiger partial charge < -0.3 is 14.5 Å². The number of halogens is 3. The first-order chi connectivity index (χ1) is 22.3. The maximum Gasteiger partial charge on any atom is 0.282 e. The highest BCUT2D eigenvalue weighted by molar-refractivity contribution is 6.36. The summed E-state index contributed by atoms with van der Waals surface area (Å²) in [6.07, 6.45) is 3.26. The number of anilines is 1. The van der Waals surface area contributed by atoms with Crippen LogP contribution >= 0.6 is 11.6 Å². The summed E-state index contributed by atoms with van der Waals surface area (Å²) < 4.78 is 34.8. The van der Waals surface area contributed by atoms with Gasteiger partial charge in [-0.2, -0.15) is 5.26 Å². The van der Waals surface area contributed by atoms with Crippen molar-refractivity contribution in [3.63, 3.8) is 0 Å². The van der Waals surface area contributed by atoms with Gasteiger partial charge >= 0.3 is 0 Å². The zero-order valence-corrected chi connectivity index (χ0v) is 26.0. The van der Waals surface area contributed by atoms with Gasteiger partial charge in [0, 0.05) is 60.8 Å². The van der Waals surface area contributed by atoms with Crippen molar-refractivity contribution in [3.8, 4) is 23.1 Å². The third-order valence-electron chi connectivity index (χ3n) is 9.66. The van der Waals surface area contributed by atoms with Crippen LogP contribution in [0.15, 0.2) is 67.1 Å². The van der Waals surface area contributed by atoms with Gasteiger partial charge in [-0.25, -0.2) is 13.8 Å². The van der Waals surface area contributed by atoms with Crippen LogP contribution in [-0.2, 0) is 4.79 Å². The molecule has 3 fully saturated rings. The fourth-order valence-electron chi connectivity index (χ4n) is 7.50. The number of piperazine rings is 1. The van der Waals surface area contributed by atoms with Crippen LogP contribution in [0.25, 0.3) is 32.9 Å². The number of ether oxygens (including phenoxy) is 1. The lowest BCUT2D eigenvalue weighted by atomic mass is 9.95. The molecule has 0 spiro atoms. The first-order valence-electron chi connectivity index (χ1n) is 15.5. The van der Waals surface area contributed by atoms with Crippen LogP contribution in [0.3, 0.4) is 0 Å². The maximum atomic E-state index is 14.5. The quantitative estimate of drug-likeness (QED) is 0.214. The Morgan fingerprint density at radius 2 is 2.00 bits per heavy atom. The number of carbonyl (C=O) groups is 1. The number of benzene rings is 2. The molecule has 3 aliphatic heterocycles. The molecular formula is C35H33ClF2N6O2. The number of alkyl halides is 1. The van der Waals surface area contributed by atoms with E-state index in [1.54, 1.807) is 6.20 Å². The topological polar surface area (TPSA) is 85.6 Å². The van der Waals surface area contributed by atoms with Gasteiger partial charge in [-0.15, -0.1) is 0 Å². The minimum atomic E-state index is -1.05. The first kappa shape index (κ1) is 30.3. The van der Waals surface area contributed by atoms with Crippen LogP contribution < -0.4 is 9.64 Å². The normalized spacial score (nSPS) is 23.1. The molecule has 3 aliphatic rings. The lowest BCUT2D eigenvalue weighted by molar-refractivity contribution is -0.131. The molecule has 5 heterocycles. The second kappa shape index (κ2) is 12.1. The van der Waals surface area contributed by atoms with Crippen molar-refractivity contribution in [1.82, 2.24) is 19.8 Å². The van der Waals surface area contributed by atoms with Gasteiger partial charge in [-0.1, -0.05) is 48.5 Å². The number of rotatable bonds is 7. The van der Waals surface area contributed by atoms with Gasteiger partial charge in [0.1, 0.15) is 18.3 Å². The van der Waals surface area contributed by atoms with Crippen molar-refractivity contribution in [2.24, 2.45) is 0 Å². The van der Waals surface area contributed by atoms with Crippen LogP contribution in [-0.4, -0.2) is 82.8 Å². The zero-order valence-electron chi connectivity index (χ0n) is 25.3. The van der Waals surface area contributed by atoms with E-state index in [9.17, 15) is 18.8 Å². The summed E-state index contributed by atoms with van der Waals surface area (Å²) in [5.41, 5.74) is 3.34. The van der Waals surface area contributed by atoms with Crippen LogP contribution in [0.4, 0.5) is 14.5 Å². The SMILES string of the molecule is C=C(F)C(=O)N1CCN(c2cc(OC[C@@]34CCCN3C[C@H](F)C4)nc3cc(-c4cccc5cccc(Cl)c45)cnc23)C[C@@H]1CC#N. The van der Waals surface area contributed by atoms with E-state index in [1.165, 1.54) is 4.90 Å². The molecule has 3 atom stereocenters. The fourth-order valence-corrected chi connectivity index (χ4v) is 7.79. The van der Waals surface area contributed by atoms with E-state index < -0.39 is 23.9 Å². The largest absolute Gasteiger partial charge is 0.476 e. The highest BCUT2D eigenvalue weighted by atomic mass is 35.5. The van der Waals surface area contributed by atoms with Crippen LogP contribution in [0.1, 0.15) is 25.7 Å². The summed E-state index contributed by atoms with van der Waals surface area (Å²) in [5, 5.41) is 12.1. The molecule has 0 bridgehead atoms. The third kappa shape index (κ3) is 5.41. The van der Waals surface area contributed by atoms with Gasteiger partial charge in [0.15, 0.2) is 5.83 Å². The average molecular weight is 643 g/mol. The first-order valence-corrected chi connectivity index (χ1v) is 15.9. The van der Waals surface area contributed by atoms with E-state index in [-0.39, 0.29) is 25.0 Å². The molecule has 4 aromatic rings. The Hall–Kier alpha value is -4.33. The van der Waals surface area contributed by atoms with E-state index in [1.807, 2.05) is 53.4 Å². The molecular weight excluding hydrogens is 610 g/mol. The molecule has 3 saturated heterocycles. The zero-order chi connectivity index (χ0) is 32.0. The molecule has 0 saturated carbocycles. The molecule has 2 aromatic heterocycles.